The average molecular weight is 283 g/mol. The van der Waals surface area contributed by atoms with E-state index in [0.29, 0.717) is 6.54 Å². The molecule has 0 aliphatic rings. The van der Waals surface area contributed by atoms with E-state index in [9.17, 15) is 13.6 Å². The van der Waals surface area contributed by atoms with Crippen molar-refractivity contribution in [2.24, 2.45) is 5.84 Å². The number of hydrogen-bond donors (Lipinski definition) is 3. The van der Waals surface area contributed by atoms with E-state index in [-0.39, 0.29) is 5.56 Å². The molecule has 19 heavy (non-hydrogen) atoms. The summed E-state index contributed by atoms with van der Waals surface area (Å²) in [5.74, 6) is 2.60. The van der Waals surface area contributed by atoms with Gasteiger partial charge in [0, 0.05) is 12.1 Å². The lowest BCUT2D eigenvalue weighted by Gasteiger charge is -2.08. The fourth-order valence-electron chi connectivity index (χ4n) is 1.52. The fourth-order valence-corrected chi connectivity index (χ4v) is 2.19. The maximum atomic E-state index is 13.4. The third-order valence-corrected chi connectivity index (χ3v) is 3.21. The van der Waals surface area contributed by atoms with Crippen LogP contribution >= 0.6 is 11.3 Å². The molecule has 0 atom stereocenters. The molecular formula is C12H11F2N3OS. The van der Waals surface area contributed by atoms with E-state index in [4.69, 9.17) is 5.84 Å². The van der Waals surface area contributed by atoms with E-state index in [1.54, 1.807) is 0 Å². The molecule has 0 fully saturated rings. The summed E-state index contributed by atoms with van der Waals surface area (Å²) in [6, 6.07) is 3.72. The van der Waals surface area contributed by atoms with Crippen LogP contribution in [0, 0.1) is 11.6 Å². The van der Waals surface area contributed by atoms with Gasteiger partial charge in [0.2, 0.25) is 0 Å². The summed E-state index contributed by atoms with van der Waals surface area (Å²) in [5.41, 5.74) is 2.28. The van der Waals surface area contributed by atoms with Crippen LogP contribution in [-0.4, -0.2) is 5.91 Å². The largest absolute Gasteiger partial charge is 0.348 e. The molecule has 0 saturated carbocycles. The van der Waals surface area contributed by atoms with Gasteiger partial charge >= 0.3 is 0 Å². The Morgan fingerprint density at radius 3 is 2.53 bits per heavy atom. The zero-order valence-electron chi connectivity index (χ0n) is 9.74. The Bertz CT molecular complexity index is 564. The molecule has 1 aromatic carbocycles. The van der Waals surface area contributed by atoms with Crippen molar-refractivity contribution in [1.29, 1.82) is 0 Å². The second-order valence-corrected chi connectivity index (χ2v) is 4.55. The number of benzene rings is 1. The Labute approximate surface area is 112 Å². The lowest BCUT2D eigenvalue weighted by atomic mass is 10.1. The SMILES string of the molecule is NNc1c(F)cc(C(=O)NCc2ccsc2)cc1F. The lowest BCUT2D eigenvalue weighted by molar-refractivity contribution is 0.0950. The zero-order valence-corrected chi connectivity index (χ0v) is 10.6. The van der Waals surface area contributed by atoms with Gasteiger partial charge in [-0.15, -0.1) is 0 Å². The maximum Gasteiger partial charge on any atom is 0.251 e. The standard InChI is InChI=1S/C12H11F2N3OS/c13-9-3-8(4-10(14)11(9)17-15)12(18)16-5-7-1-2-19-6-7/h1-4,6,17H,5,15H2,(H,16,18). The van der Waals surface area contributed by atoms with E-state index in [2.05, 4.69) is 5.32 Å². The Hall–Kier alpha value is -1.99. The molecule has 2 rings (SSSR count). The first-order chi connectivity index (χ1) is 9.11. The van der Waals surface area contributed by atoms with Gasteiger partial charge in [0.25, 0.3) is 5.91 Å². The van der Waals surface area contributed by atoms with Crippen molar-refractivity contribution in [3.8, 4) is 0 Å². The minimum absolute atomic E-state index is 0.0933. The highest BCUT2D eigenvalue weighted by Gasteiger charge is 2.14. The van der Waals surface area contributed by atoms with Gasteiger partial charge in [0.05, 0.1) is 0 Å². The predicted molar refractivity (Wildman–Crippen MR) is 69.7 cm³/mol. The lowest BCUT2D eigenvalue weighted by Crippen LogP contribution is -2.23. The molecule has 0 aliphatic heterocycles. The van der Waals surface area contributed by atoms with Gasteiger partial charge in [-0.1, -0.05) is 0 Å². The van der Waals surface area contributed by atoms with Crippen LogP contribution in [0.2, 0.25) is 0 Å². The normalized spacial score (nSPS) is 10.3. The van der Waals surface area contributed by atoms with Crippen molar-refractivity contribution in [3.05, 3.63) is 51.7 Å². The van der Waals surface area contributed by atoms with Crippen LogP contribution in [0.5, 0.6) is 0 Å². The van der Waals surface area contributed by atoms with Gasteiger partial charge in [-0.05, 0) is 34.5 Å². The van der Waals surface area contributed by atoms with E-state index in [1.165, 1.54) is 11.3 Å². The molecule has 0 unspecified atom stereocenters. The predicted octanol–water partition coefficient (Wildman–Crippen LogP) is 2.24. The molecule has 0 radical (unpaired) electrons. The Balaban J connectivity index is 2.11. The highest BCUT2D eigenvalue weighted by Crippen LogP contribution is 2.19. The number of thiophene rings is 1. The molecule has 1 aromatic heterocycles. The molecule has 100 valence electrons. The molecule has 1 heterocycles. The summed E-state index contributed by atoms with van der Waals surface area (Å²) in [7, 11) is 0. The zero-order chi connectivity index (χ0) is 13.8. The number of amides is 1. The average Bonchev–Trinajstić information content (AvgIpc) is 2.88. The van der Waals surface area contributed by atoms with Gasteiger partial charge < -0.3 is 10.7 Å². The highest BCUT2D eigenvalue weighted by molar-refractivity contribution is 7.07. The van der Waals surface area contributed by atoms with Crippen molar-refractivity contribution < 1.29 is 13.6 Å². The monoisotopic (exact) mass is 283 g/mol. The number of rotatable bonds is 4. The molecule has 0 aliphatic carbocycles. The summed E-state index contributed by atoms with van der Waals surface area (Å²) in [4.78, 5) is 11.8. The third-order valence-electron chi connectivity index (χ3n) is 2.48. The number of nitrogens with two attached hydrogens (primary N) is 1. The first-order valence-corrected chi connectivity index (χ1v) is 6.31. The molecule has 1 amide bonds. The number of nitrogen functional groups attached to an aromatic ring is 1. The van der Waals surface area contributed by atoms with Crippen LogP contribution < -0.4 is 16.6 Å². The van der Waals surface area contributed by atoms with Gasteiger partial charge in [0.1, 0.15) is 5.69 Å². The Morgan fingerprint density at radius 1 is 1.32 bits per heavy atom. The third kappa shape index (κ3) is 3.07. The van der Waals surface area contributed by atoms with Crippen LogP contribution in [0.4, 0.5) is 14.5 Å². The summed E-state index contributed by atoms with van der Waals surface area (Å²) >= 11 is 1.50. The second kappa shape index (κ2) is 5.77. The Kier molecular flexibility index (Phi) is 4.08. The molecule has 4 N–H and O–H groups in total. The van der Waals surface area contributed by atoms with E-state index in [0.717, 1.165) is 17.7 Å². The molecule has 4 nitrogen and oxygen atoms in total. The smallest absolute Gasteiger partial charge is 0.251 e. The molecule has 0 saturated heterocycles. The molecule has 7 heteroatoms. The van der Waals surface area contributed by atoms with Gasteiger partial charge in [-0.2, -0.15) is 11.3 Å². The van der Waals surface area contributed by atoms with Crippen LogP contribution in [-0.2, 0) is 6.54 Å². The molecule has 0 spiro atoms. The van der Waals surface area contributed by atoms with E-state index < -0.39 is 23.2 Å². The minimum Gasteiger partial charge on any atom is -0.348 e. The maximum absolute atomic E-state index is 13.4. The van der Waals surface area contributed by atoms with Crippen molar-refractivity contribution >= 4 is 22.9 Å². The minimum atomic E-state index is -0.914. The van der Waals surface area contributed by atoms with Crippen LogP contribution in [0.1, 0.15) is 15.9 Å². The number of carbonyl (C=O) groups is 1. The summed E-state index contributed by atoms with van der Waals surface area (Å²) in [6.07, 6.45) is 0. The van der Waals surface area contributed by atoms with Gasteiger partial charge in [-0.3, -0.25) is 10.6 Å². The van der Waals surface area contributed by atoms with E-state index >= 15 is 0 Å². The fraction of sp³-hybridized carbons (Fsp3) is 0.0833. The van der Waals surface area contributed by atoms with Crippen molar-refractivity contribution in [2.45, 2.75) is 6.54 Å². The summed E-state index contributed by atoms with van der Waals surface area (Å²) < 4.78 is 26.8. The van der Waals surface area contributed by atoms with Crippen molar-refractivity contribution in [2.75, 3.05) is 5.43 Å². The van der Waals surface area contributed by atoms with Crippen LogP contribution in [0.15, 0.2) is 29.0 Å². The summed E-state index contributed by atoms with van der Waals surface area (Å²) in [6.45, 7) is 0.308. The number of hydrazine groups is 1. The summed E-state index contributed by atoms with van der Waals surface area (Å²) in [5, 5.41) is 6.33. The first kappa shape index (κ1) is 13.4. The van der Waals surface area contributed by atoms with Crippen molar-refractivity contribution in [3.63, 3.8) is 0 Å². The second-order valence-electron chi connectivity index (χ2n) is 3.77. The Morgan fingerprint density at radius 2 is 2.00 bits per heavy atom. The number of hydrogen-bond acceptors (Lipinski definition) is 4. The number of carbonyl (C=O) groups excluding carboxylic acids is 1. The number of nitrogens with one attached hydrogen (secondary N) is 2. The van der Waals surface area contributed by atoms with Crippen molar-refractivity contribution in [1.82, 2.24) is 5.32 Å². The molecule has 0 bridgehead atoms. The van der Waals surface area contributed by atoms with Gasteiger partial charge in [0.15, 0.2) is 11.6 Å². The first-order valence-electron chi connectivity index (χ1n) is 5.36. The number of anilines is 1. The molecular weight excluding hydrogens is 272 g/mol. The number of halogens is 2. The van der Waals surface area contributed by atoms with Crippen LogP contribution in [0.25, 0.3) is 0 Å². The van der Waals surface area contributed by atoms with Gasteiger partial charge in [-0.25, -0.2) is 8.78 Å². The van der Waals surface area contributed by atoms with E-state index in [1.807, 2.05) is 22.3 Å². The topological polar surface area (TPSA) is 67.1 Å². The van der Waals surface area contributed by atoms with Crippen LogP contribution in [0.3, 0.4) is 0 Å². The highest BCUT2D eigenvalue weighted by atomic mass is 32.1. The quantitative estimate of drug-likeness (QED) is 0.595. The molecule has 2 aromatic rings.